The lowest BCUT2D eigenvalue weighted by atomic mass is 9.99. The average molecular weight is 771 g/mol. The maximum atomic E-state index is 12.7. The van der Waals surface area contributed by atoms with Gasteiger partial charge in [0.15, 0.2) is 6.29 Å². The Kier molecular flexibility index (Phi) is 35.4. The molecule has 0 amide bonds. The van der Waals surface area contributed by atoms with Crippen molar-refractivity contribution in [2.75, 3.05) is 26.4 Å². The van der Waals surface area contributed by atoms with Gasteiger partial charge in [-0.1, -0.05) is 180 Å². The van der Waals surface area contributed by atoms with Gasteiger partial charge in [-0.3, -0.25) is 4.79 Å². The first kappa shape index (κ1) is 50.9. The van der Waals surface area contributed by atoms with Crippen LogP contribution in [0.3, 0.4) is 0 Å². The molecule has 1 aliphatic rings. The number of aliphatic hydroxyl groups excluding tert-OH is 4. The van der Waals surface area contributed by atoms with E-state index in [9.17, 15) is 25.2 Å². The Balaban J connectivity index is 2.18. The number of esters is 1. The predicted octanol–water partition coefficient (Wildman–Crippen LogP) is 10.0. The summed E-state index contributed by atoms with van der Waals surface area (Å²) in [5.41, 5.74) is 0. The zero-order valence-corrected chi connectivity index (χ0v) is 35.0. The highest BCUT2D eigenvalue weighted by Gasteiger charge is 2.44. The molecule has 0 bridgehead atoms. The summed E-state index contributed by atoms with van der Waals surface area (Å²) in [6.45, 7) is 4.52. The number of aliphatic hydroxyl groups is 4. The Labute approximate surface area is 331 Å². The minimum atomic E-state index is -1.53. The van der Waals surface area contributed by atoms with Crippen molar-refractivity contribution in [1.82, 2.24) is 0 Å². The fourth-order valence-corrected chi connectivity index (χ4v) is 7.08. The minimum absolute atomic E-state index is 0.112. The third-order valence-corrected chi connectivity index (χ3v) is 10.7. The van der Waals surface area contributed by atoms with Gasteiger partial charge in [0.1, 0.15) is 30.5 Å². The van der Waals surface area contributed by atoms with Crippen molar-refractivity contribution >= 4 is 5.97 Å². The first-order chi connectivity index (χ1) is 26.4. The monoisotopic (exact) mass is 771 g/mol. The van der Waals surface area contributed by atoms with Gasteiger partial charge in [-0.2, -0.15) is 0 Å². The molecule has 0 aromatic heterocycles. The van der Waals surface area contributed by atoms with Gasteiger partial charge in [0, 0.05) is 13.0 Å². The molecule has 54 heavy (non-hydrogen) atoms. The van der Waals surface area contributed by atoms with Crippen LogP contribution in [0.15, 0.2) is 12.2 Å². The van der Waals surface area contributed by atoms with E-state index in [1.807, 2.05) is 0 Å². The van der Waals surface area contributed by atoms with Crippen molar-refractivity contribution < 1.29 is 44.2 Å². The smallest absolute Gasteiger partial charge is 0.306 e. The Hall–Kier alpha value is -1.07. The lowest BCUT2D eigenvalue weighted by molar-refractivity contribution is -0.305. The molecule has 9 nitrogen and oxygen atoms in total. The van der Waals surface area contributed by atoms with Gasteiger partial charge in [-0.15, -0.1) is 0 Å². The minimum Gasteiger partial charge on any atom is -0.457 e. The fourth-order valence-electron chi connectivity index (χ4n) is 7.08. The summed E-state index contributed by atoms with van der Waals surface area (Å²) < 4.78 is 22.8. The molecule has 320 valence electrons. The fraction of sp³-hybridized carbons (Fsp3) is 0.933. The number of hydrogen-bond donors (Lipinski definition) is 4. The van der Waals surface area contributed by atoms with Crippen LogP contribution in [0.25, 0.3) is 0 Å². The highest BCUT2D eigenvalue weighted by molar-refractivity contribution is 5.69. The van der Waals surface area contributed by atoms with Crippen LogP contribution in [0.5, 0.6) is 0 Å². The number of hydrogen-bond acceptors (Lipinski definition) is 9. The standard InChI is InChI=1S/C45H86O9/c1-3-5-7-9-11-13-15-16-17-18-19-20-21-22-23-24-25-27-29-31-33-35-51-37-39(38-52-45-44(50)43(49)42(48)40(36-46)54-45)53-41(47)34-32-30-28-26-14-12-10-8-6-4-2/h8,10,39-40,42-46,48-50H,3-7,9,11-38H2,1-2H3/b10-8-. The molecule has 0 saturated carbocycles. The first-order valence-electron chi connectivity index (χ1n) is 22.8. The van der Waals surface area contributed by atoms with E-state index in [1.165, 1.54) is 135 Å². The molecule has 0 radical (unpaired) electrons. The maximum absolute atomic E-state index is 12.7. The van der Waals surface area contributed by atoms with E-state index in [2.05, 4.69) is 26.0 Å². The normalized spacial score (nSPS) is 20.9. The van der Waals surface area contributed by atoms with Crippen molar-refractivity contribution in [2.24, 2.45) is 0 Å². The van der Waals surface area contributed by atoms with Crippen LogP contribution in [0.1, 0.15) is 206 Å². The van der Waals surface area contributed by atoms with Gasteiger partial charge in [-0.25, -0.2) is 0 Å². The van der Waals surface area contributed by atoms with Crippen LogP contribution in [-0.4, -0.2) is 89.6 Å². The van der Waals surface area contributed by atoms with Crippen molar-refractivity contribution in [3.05, 3.63) is 12.2 Å². The molecule has 1 heterocycles. The first-order valence-corrected chi connectivity index (χ1v) is 22.8. The topological polar surface area (TPSA) is 135 Å². The number of ether oxygens (including phenoxy) is 4. The third-order valence-electron chi connectivity index (χ3n) is 10.7. The van der Waals surface area contributed by atoms with Crippen LogP contribution in [-0.2, 0) is 23.7 Å². The Morgan fingerprint density at radius 1 is 0.574 bits per heavy atom. The van der Waals surface area contributed by atoms with Crippen LogP contribution in [0.4, 0.5) is 0 Å². The maximum Gasteiger partial charge on any atom is 0.306 e. The summed E-state index contributed by atoms with van der Waals surface area (Å²) in [5.74, 6) is -0.322. The van der Waals surface area contributed by atoms with E-state index >= 15 is 0 Å². The van der Waals surface area contributed by atoms with Crippen LogP contribution in [0.2, 0.25) is 0 Å². The SMILES string of the molecule is CCC/C=C\CCCCCCCC(=O)OC(COCCCCCCCCCCCCCCCCCCCCCCC)COC1OC(CO)C(O)C(O)C1O. The second-order valence-electron chi connectivity index (χ2n) is 15.9. The summed E-state index contributed by atoms with van der Waals surface area (Å²) >= 11 is 0. The second kappa shape index (κ2) is 37.5. The Bertz CT molecular complexity index is 838. The molecule has 1 fully saturated rings. The van der Waals surface area contributed by atoms with E-state index in [1.54, 1.807) is 0 Å². The van der Waals surface area contributed by atoms with E-state index in [-0.39, 0.29) is 19.2 Å². The van der Waals surface area contributed by atoms with Gasteiger partial charge >= 0.3 is 5.97 Å². The molecule has 0 aromatic carbocycles. The zero-order valence-electron chi connectivity index (χ0n) is 35.0. The molecule has 4 N–H and O–H groups in total. The third kappa shape index (κ3) is 28.3. The quantitative estimate of drug-likeness (QED) is 0.0274. The highest BCUT2D eigenvalue weighted by atomic mass is 16.7. The molecule has 0 aliphatic carbocycles. The molecule has 1 rings (SSSR count). The van der Waals surface area contributed by atoms with Crippen LogP contribution in [0, 0.1) is 0 Å². The number of allylic oxidation sites excluding steroid dienone is 2. The van der Waals surface area contributed by atoms with Gasteiger partial charge in [0.2, 0.25) is 0 Å². The van der Waals surface area contributed by atoms with E-state index < -0.39 is 43.4 Å². The van der Waals surface area contributed by atoms with Gasteiger partial charge in [-0.05, 0) is 32.1 Å². The van der Waals surface area contributed by atoms with Gasteiger partial charge < -0.3 is 39.4 Å². The largest absolute Gasteiger partial charge is 0.457 e. The molecular weight excluding hydrogens is 684 g/mol. The van der Waals surface area contributed by atoms with Crippen molar-refractivity contribution in [1.29, 1.82) is 0 Å². The van der Waals surface area contributed by atoms with Crippen LogP contribution >= 0.6 is 0 Å². The van der Waals surface area contributed by atoms with Crippen LogP contribution < -0.4 is 0 Å². The summed E-state index contributed by atoms with van der Waals surface area (Å²) in [7, 11) is 0. The zero-order chi connectivity index (χ0) is 39.3. The molecule has 0 aromatic rings. The average Bonchev–Trinajstić information content (AvgIpc) is 3.17. The summed E-state index contributed by atoms with van der Waals surface area (Å²) in [5, 5.41) is 40.0. The van der Waals surface area contributed by atoms with E-state index in [4.69, 9.17) is 18.9 Å². The van der Waals surface area contributed by atoms with E-state index in [0.717, 1.165) is 51.4 Å². The van der Waals surface area contributed by atoms with Crippen molar-refractivity contribution in [3.8, 4) is 0 Å². The molecule has 6 atom stereocenters. The highest BCUT2D eigenvalue weighted by Crippen LogP contribution is 2.23. The lowest BCUT2D eigenvalue weighted by Crippen LogP contribution is -2.59. The van der Waals surface area contributed by atoms with Crippen molar-refractivity contribution in [2.45, 2.75) is 243 Å². The summed E-state index contributed by atoms with van der Waals surface area (Å²) in [6, 6.07) is 0. The number of carbonyl (C=O) groups excluding carboxylic acids is 1. The summed E-state index contributed by atoms with van der Waals surface area (Å²) in [6.07, 6.45) is 34.0. The second-order valence-corrected chi connectivity index (χ2v) is 15.9. The van der Waals surface area contributed by atoms with Gasteiger partial charge in [0.25, 0.3) is 0 Å². The summed E-state index contributed by atoms with van der Waals surface area (Å²) in [4.78, 5) is 12.7. The molecule has 1 aliphatic heterocycles. The molecule has 0 spiro atoms. The van der Waals surface area contributed by atoms with Crippen molar-refractivity contribution in [3.63, 3.8) is 0 Å². The lowest BCUT2D eigenvalue weighted by Gasteiger charge is -2.39. The van der Waals surface area contributed by atoms with Gasteiger partial charge in [0.05, 0.1) is 19.8 Å². The predicted molar refractivity (Wildman–Crippen MR) is 219 cm³/mol. The molecule has 6 unspecified atom stereocenters. The van der Waals surface area contributed by atoms with E-state index in [0.29, 0.717) is 13.0 Å². The Morgan fingerprint density at radius 2 is 1.06 bits per heavy atom. The number of carbonyl (C=O) groups is 1. The molecule has 1 saturated heterocycles. The number of rotatable bonds is 39. The number of unbranched alkanes of at least 4 members (excludes halogenated alkanes) is 26. The Morgan fingerprint density at radius 3 is 1.57 bits per heavy atom. The molecular formula is C45H86O9. The molecule has 9 heteroatoms.